The Balaban J connectivity index is 1.45. The molecule has 0 spiro atoms. The third-order valence-electron chi connectivity index (χ3n) is 5.67. The van der Waals surface area contributed by atoms with Gasteiger partial charge >= 0.3 is 0 Å². The predicted octanol–water partition coefficient (Wildman–Crippen LogP) is 5.88. The van der Waals surface area contributed by atoms with Crippen molar-refractivity contribution in [2.75, 3.05) is 29.4 Å². The van der Waals surface area contributed by atoms with E-state index in [1.165, 1.54) is 42.5 Å². The summed E-state index contributed by atoms with van der Waals surface area (Å²) in [5.41, 5.74) is 0.194. The summed E-state index contributed by atoms with van der Waals surface area (Å²) in [6.07, 6.45) is 0. The van der Waals surface area contributed by atoms with Gasteiger partial charge < -0.3 is 19.5 Å². The molecule has 4 aromatic rings. The number of amides is 1. The second kappa shape index (κ2) is 11.2. The monoisotopic (exact) mass is 568 g/mol. The number of anilines is 2. The molecule has 1 heterocycles. The molecule has 0 saturated carbocycles. The van der Waals surface area contributed by atoms with Crippen LogP contribution in [-0.2, 0) is 14.8 Å². The molecule has 0 aromatic heterocycles. The van der Waals surface area contributed by atoms with Crippen molar-refractivity contribution in [1.82, 2.24) is 0 Å². The van der Waals surface area contributed by atoms with Gasteiger partial charge in [0.15, 0.2) is 17.2 Å². The summed E-state index contributed by atoms with van der Waals surface area (Å²) in [5.74, 6) is 0.114. The number of nitrogens with one attached hydrogen (secondary N) is 1. The first-order chi connectivity index (χ1) is 18.8. The number of nitrogens with zero attached hydrogens (tertiary/aromatic N) is 1. The lowest BCUT2D eigenvalue weighted by Gasteiger charge is -2.25. The number of carbonyl (C=O) groups is 1. The van der Waals surface area contributed by atoms with E-state index in [9.17, 15) is 17.6 Å². The van der Waals surface area contributed by atoms with Gasteiger partial charge in [-0.1, -0.05) is 35.9 Å². The number of sulfonamides is 1. The van der Waals surface area contributed by atoms with Crippen LogP contribution in [0.5, 0.6) is 23.0 Å². The Morgan fingerprint density at radius 3 is 2.46 bits per heavy atom. The fraction of sp³-hybridized carbons (Fsp3) is 0.107. The summed E-state index contributed by atoms with van der Waals surface area (Å²) in [6.45, 7) is -0.0643. The molecule has 0 fully saturated rings. The van der Waals surface area contributed by atoms with Crippen LogP contribution in [0.15, 0.2) is 95.9 Å². The Hall–Kier alpha value is -4.28. The second-order valence-electron chi connectivity index (χ2n) is 8.40. The van der Waals surface area contributed by atoms with Crippen molar-refractivity contribution in [1.29, 1.82) is 0 Å². The lowest BCUT2D eigenvalue weighted by atomic mass is 10.2. The van der Waals surface area contributed by atoms with Gasteiger partial charge in [-0.05, 0) is 60.7 Å². The normalized spacial score (nSPS) is 12.5. The number of halogens is 2. The molecule has 39 heavy (non-hydrogen) atoms. The van der Waals surface area contributed by atoms with Gasteiger partial charge in [0.25, 0.3) is 10.0 Å². The highest BCUT2D eigenvalue weighted by molar-refractivity contribution is 7.92. The number of fused-ring (bicyclic) bond motifs is 1. The molecule has 0 saturated heterocycles. The van der Waals surface area contributed by atoms with Crippen molar-refractivity contribution < 1.29 is 31.8 Å². The summed E-state index contributed by atoms with van der Waals surface area (Å²) < 4.78 is 59.4. The van der Waals surface area contributed by atoms with Gasteiger partial charge in [-0.2, -0.15) is 0 Å². The fourth-order valence-electron chi connectivity index (χ4n) is 3.88. The van der Waals surface area contributed by atoms with E-state index in [0.717, 1.165) is 10.4 Å². The van der Waals surface area contributed by atoms with Gasteiger partial charge in [-0.25, -0.2) is 12.8 Å². The van der Waals surface area contributed by atoms with Crippen molar-refractivity contribution in [2.24, 2.45) is 0 Å². The fourth-order valence-corrected chi connectivity index (χ4v) is 5.48. The number of ether oxygens (including phenoxy) is 3. The Labute approximate surface area is 229 Å². The van der Waals surface area contributed by atoms with Gasteiger partial charge in [0.05, 0.1) is 16.3 Å². The quantitative estimate of drug-likeness (QED) is 0.285. The van der Waals surface area contributed by atoms with Crippen LogP contribution in [0.1, 0.15) is 0 Å². The van der Waals surface area contributed by atoms with Crippen molar-refractivity contribution in [3.8, 4) is 23.0 Å². The molecule has 1 amide bonds. The van der Waals surface area contributed by atoms with Crippen LogP contribution in [0.25, 0.3) is 0 Å². The molecule has 0 bridgehead atoms. The minimum Gasteiger partial charge on any atom is -0.486 e. The minimum absolute atomic E-state index is 0.0353. The Bertz CT molecular complexity index is 1620. The zero-order valence-electron chi connectivity index (χ0n) is 20.3. The molecule has 1 aliphatic heterocycles. The molecule has 200 valence electrons. The van der Waals surface area contributed by atoms with E-state index in [4.69, 9.17) is 25.8 Å². The maximum atomic E-state index is 14.1. The zero-order valence-corrected chi connectivity index (χ0v) is 21.9. The molecule has 4 aromatic carbocycles. The smallest absolute Gasteiger partial charge is 0.264 e. The van der Waals surface area contributed by atoms with Crippen molar-refractivity contribution in [3.05, 3.63) is 102 Å². The molecule has 0 radical (unpaired) electrons. The van der Waals surface area contributed by atoms with Crippen LogP contribution in [0.4, 0.5) is 15.8 Å². The minimum atomic E-state index is -4.35. The largest absolute Gasteiger partial charge is 0.486 e. The average Bonchev–Trinajstić information content (AvgIpc) is 2.93. The molecular formula is C28H22ClFN2O6S. The van der Waals surface area contributed by atoms with E-state index in [-0.39, 0.29) is 28.6 Å². The van der Waals surface area contributed by atoms with Crippen LogP contribution in [0.2, 0.25) is 5.02 Å². The maximum Gasteiger partial charge on any atom is 0.264 e. The first-order valence-corrected chi connectivity index (χ1v) is 13.6. The maximum absolute atomic E-state index is 14.1. The third kappa shape index (κ3) is 6.08. The summed E-state index contributed by atoms with van der Waals surface area (Å²) in [5, 5.41) is 3.00. The van der Waals surface area contributed by atoms with Crippen LogP contribution in [0.3, 0.4) is 0 Å². The highest BCUT2D eigenvalue weighted by atomic mass is 35.5. The summed E-state index contributed by atoms with van der Waals surface area (Å²) in [7, 11) is -4.35. The first-order valence-electron chi connectivity index (χ1n) is 11.8. The first kappa shape index (κ1) is 26.3. The molecule has 1 aliphatic rings. The molecule has 8 nitrogen and oxygen atoms in total. The van der Waals surface area contributed by atoms with E-state index >= 15 is 0 Å². The third-order valence-corrected chi connectivity index (χ3v) is 7.68. The lowest BCUT2D eigenvalue weighted by molar-refractivity contribution is -0.114. The number of hydrogen-bond donors (Lipinski definition) is 1. The van der Waals surface area contributed by atoms with Gasteiger partial charge in [0.2, 0.25) is 5.91 Å². The standard InChI is InChI=1S/C28H22ClFN2O6S/c29-19-9-11-25(38-22-7-2-1-3-8-22)24(15-19)31-28(33)18-32(21-6-4-5-20(30)16-21)39(34,35)23-10-12-26-27(17-23)37-14-13-36-26/h1-12,15-17H,13-14,18H2,(H,31,33). The Morgan fingerprint density at radius 2 is 1.69 bits per heavy atom. The van der Waals surface area contributed by atoms with Crippen LogP contribution < -0.4 is 23.8 Å². The van der Waals surface area contributed by atoms with E-state index < -0.39 is 28.3 Å². The number of rotatable bonds is 8. The molecule has 0 unspecified atom stereocenters. The second-order valence-corrected chi connectivity index (χ2v) is 10.7. The van der Waals surface area contributed by atoms with Crippen LogP contribution >= 0.6 is 11.6 Å². The number of para-hydroxylation sites is 1. The van der Waals surface area contributed by atoms with Crippen molar-refractivity contribution in [3.63, 3.8) is 0 Å². The van der Waals surface area contributed by atoms with E-state index in [1.54, 1.807) is 36.4 Å². The van der Waals surface area contributed by atoms with Crippen molar-refractivity contribution >= 4 is 38.9 Å². The van der Waals surface area contributed by atoms with Gasteiger partial charge in [0, 0.05) is 11.1 Å². The van der Waals surface area contributed by atoms with E-state index in [1.807, 2.05) is 6.07 Å². The van der Waals surface area contributed by atoms with Gasteiger partial charge in [-0.15, -0.1) is 0 Å². The van der Waals surface area contributed by atoms with E-state index in [2.05, 4.69) is 5.32 Å². The summed E-state index contributed by atoms with van der Waals surface area (Å²) >= 11 is 6.16. The summed E-state index contributed by atoms with van der Waals surface area (Å²) in [4.78, 5) is 13.1. The SMILES string of the molecule is O=C(CN(c1cccc(F)c1)S(=O)(=O)c1ccc2c(c1)OCCO2)Nc1cc(Cl)ccc1Oc1ccccc1. The Kier molecular flexibility index (Phi) is 7.58. The number of carbonyl (C=O) groups excluding carboxylic acids is 1. The highest BCUT2D eigenvalue weighted by Gasteiger charge is 2.29. The molecule has 11 heteroatoms. The number of hydrogen-bond acceptors (Lipinski definition) is 6. The van der Waals surface area contributed by atoms with E-state index in [0.29, 0.717) is 28.9 Å². The molecule has 5 rings (SSSR count). The Morgan fingerprint density at radius 1 is 0.923 bits per heavy atom. The topological polar surface area (TPSA) is 94.2 Å². The molecule has 1 N–H and O–H groups in total. The van der Waals surface area contributed by atoms with Crippen molar-refractivity contribution in [2.45, 2.75) is 4.90 Å². The van der Waals surface area contributed by atoms with Crippen LogP contribution in [0, 0.1) is 5.82 Å². The van der Waals surface area contributed by atoms with Gasteiger partial charge in [0.1, 0.15) is 31.3 Å². The highest BCUT2D eigenvalue weighted by Crippen LogP contribution is 2.35. The zero-order chi connectivity index (χ0) is 27.4. The molecular weight excluding hydrogens is 547 g/mol. The predicted molar refractivity (Wildman–Crippen MR) is 145 cm³/mol. The molecule has 0 aliphatic carbocycles. The molecule has 0 atom stereocenters. The number of benzene rings is 4. The van der Waals surface area contributed by atoms with Gasteiger partial charge in [-0.3, -0.25) is 9.10 Å². The van der Waals surface area contributed by atoms with Crippen LogP contribution in [-0.4, -0.2) is 34.1 Å². The lowest BCUT2D eigenvalue weighted by Crippen LogP contribution is -2.38. The average molecular weight is 569 g/mol. The summed E-state index contributed by atoms with van der Waals surface area (Å²) in [6, 6.07) is 22.7.